The van der Waals surface area contributed by atoms with Crippen LogP contribution >= 0.6 is 11.8 Å². The van der Waals surface area contributed by atoms with Crippen LogP contribution in [-0.4, -0.2) is 80.4 Å². The zero-order valence-electron chi connectivity index (χ0n) is 18.5. The topological polar surface area (TPSA) is 71.5 Å². The molecule has 1 N–H and O–H groups in total. The van der Waals surface area contributed by atoms with Crippen molar-refractivity contribution >= 4 is 23.4 Å². The van der Waals surface area contributed by atoms with Crippen LogP contribution in [0.5, 0.6) is 11.5 Å². The van der Waals surface area contributed by atoms with E-state index in [2.05, 4.69) is 34.1 Å². The van der Waals surface area contributed by atoms with Crippen molar-refractivity contribution in [3.8, 4) is 11.5 Å². The molecular formula is C24H30N2O5S. The Kier molecular flexibility index (Phi) is 7.13. The third-order valence-corrected chi connectivity index (χ3v) is 7.75. The fourth-order valence-corrected chi connectivity index (χ4v) is 5.60. The highest BCUT2D eigenvalue weighted by atomic mass is 32.2. The maximum atomic E-state index is 13.0. The number of aliphatic hydroxyl groups is 1. The minimum absolute atomic E-state index is 0.0310. The molecule has 2 heterocycles. The molecule has 8 heteroatoms. The lowest BCUT2D eigenvalue weighted by Crippen LogP contribution is -2.53. The van der Waals surface area contributed by atoms with Gasteiger partial charge in [-0.2, -0.15) is 0 Å². The Morgan fingerprint density at radius 1 is 1.16 bits per heavy atom. The number of hydrogen-bond acceptors (Lipinski definition) is 8. The standard InChI is InChI=1S/C24H30N2O5S/c1-29-19-8-9-20-21(16-19)32-24(23(28)30-2,22(27)17-31-20)10-11-25-12-14-26(15-13-25)18-6-4-3-5-7-18/h3-9,16,22,27H,10-15,17H2,1-2H3/t22-,24+/m0/s1. The maximum absolute atomic E-state index is 13.0. The first-order valence-electron chi connectivity index (χ1n) is 10.8. The van der Waals surface area contributed by atoms with Gasteiger partial charge in [-0.25, -0.2) is 0 Å². The number of nitrogens with zero attached hydrogens (tertiary/aromatic N) is 2. The molecule has 2 aromatic rings. The van der Waals surface area contributed by atoms with Crippen molar-refractivity contribution in [3.05, 3.63) is 48.5 Å². The predicted molar refractivity (Wildman–Crippen MR) is 125 cm³/mol. The smallest absolute Gasteiger partial charge is 0.325 e. The van der Waals surface area contributed by atoms with Crippen molar-refractivity contribution in [2.24, 2.45) is 0 Å². The number of anilines is 1. The van der Waals surface area contributed by atoms with Gasteiger partial charge in [0.1, 0.15) is 29.0 Å². The second-order valence-electron chi connectivity index (χ2n) is 8.04. The summed E-state index contributed by atoms with van der Waals surface area (Å²) in [5.74, 6) is 0.876. The van der Waals surface area contributed by atoms with Crippen LogP contribution in [0.1, 0.15) is 6.42 Å². The van der Waals surface area contributed by atoms with Gasteiger partial charge in [-0.3, -0.25) is 9.69 Å². The molecule has 1 fully saturated rings. The monoisotopic (exact) mass is 458 g/mol. The van der Waals surface area contributed by atoms with E-state index in [1.165, 1.54) is 24.6 Å². The van der Waals surface area contributed by atoms with E-state index in [4.69, 9.17) is 14.2 Å². The van der Waals surface area contributed by atoms with Crippen molar-refractivity contribution in [2.75, 3.05) is 58.5 Å². The summed E-state index contributed by atoms with van der Waals surface area (Å²) in [6.07, 6.45) is -0.541. The van der Waals surface area contributed by atoms with E-state index in [0.717, 1.165) is 31.1 Å². The third kappa shape index (κ3) is 4.67. The molecule has 0 radical (unpaired) electrons. The van der Waals surface area contributed by atoms with E-state index < -0.39 is 16.8 Å². The number of piperazine rings is 1. The number of fused-ring (bicyclic) bond motifs is 1. The van der Waals surface area contributed by atoms with E-state index in [9.17, 15) is 9.90 Å². The predicted octanol–water partition coefficient (Wildman–Crippen LogP) is 2.66. The van der Waals surface area contributed by atoms with Crippen LogP contribution in [0, 0.1) is 0 Å². The molecule has 0 aliphatic carbocycles. The first kappa shape index (κ1) is 22.8. The van der Waals surface area contributed by atoms with Gasteiger partial charge in [0.15, 0.2) is 0 Å². The number of para-hydroxylation sites is 1. The molecule has 2 atom stereocenters. The molecule has 0 aromatic heterocycles. The first-order valence-corrected chi connectivity index (χ1v) is 11.7. The highest BCUT2D eigenvalue weighted by Gasteiger charge is 2.50. The third-order valence-electron chi connectivity index (χ3n) is 6.20. The normalized spacial score (nSPS) is 23.6. The van der Waals surface area contributed by atoms with Crippen LogP contribution in [0.15, 0.2) is 53.4 Å². The number of methoxy groups -OCH3 is 2. The molecule has 2 aliphatic heterocycles. The summed E-state index contributed by atoms with van der Waals surface area (Å²) >= 11 is 1.31. The molecule has 0 amide bonds. The lowest BCUT2D eigenvalue weighted by molar-refractivity contribution is -0.147. The molecule has 0 bridgehead atoms. The van der Waals surface area contributed by atoms with Crippen molar-refractivity contribution in [1.29, 1.82) is 0 Å². The van der Waals surface area contributed by atoms with E-state index in [0.29, 0.717) is 24.5 Å². The average Bonchev–Trinajstić information content (AvgIpc) is 2.99. The van der Waals surface area contributed by atoms with E-state index >= 15 is 0 Å². The largest absolute Gasteiger partial charge is 0.497 e. The number of benzene rings is 2. The molecule has 4 rings (SSSR count). The summed E-state index contributed by atoms with van der Waals surface area (Å²) in [5, 5.41) is 11.0. The van der Waals surface area contributed by atoms with Gasteiger partial charge in [0.05, 0.1) is 19.1 Å². The Balaban J connectivity index is 1.48. The molecule has 0 unspecified atom stereocenters. The highest BCUT2D eigenvalue weighted by Crippen LogP contribution is 2.47. The van der Waals surface area contributed by atoms with Crippen molar-refractivity contribution in [1.82, 2.24) is 4.90 Å². The van der Waals surface area contributed by atoms with Crippen LogP contribution in [0.4, 0.5) is 5.69 Å². The Morgan fingerprint density at radius 2 is 1.91 bits per heavy atom. The van der Waals surface area contributed by atoms with Gasteiger partial charge in [-0.1, -0.05) is 18.2 Å². The Hall–Kier alpha value is -2.42. The number of ether oxygens (including phenoxy) is 3. The average molecular weight is 459 g/mol. The number of carbonyl (C=O) groups is 1. The van der Waals surface area contributed by atoms with Crippen molar-refractivity contribution < 1.29 is 24.1 Å². The van der Waals surface area contributed by atoms with Crippen molar-refractivity contribution in [2.45, 2.75) is 22.2 Å². The van der Waals surface area contributed by atoms with Crippen LogP contribution in [0.25, 0.3) is 0 Å². The second-order valence-corrected chi connectivity index (χ2v) is 9.41. The Morgan fingerprint density at radius 3 is 2.59 bits per heavy atom. The summed E-state index contributed by atoms with van der Waals surface area (Å²) in [6, 6.07) is 15.9. The molecular weight excluding hydrogens is 428 g/mol. The minimum atomic E-state index is -1.15. The quantitative estimate of drug-likeness (QED) is 0.663. The molecule has 32 heavy (non-hydrogen) atoms. The summed E-state index contributed by atoms with van der Waals surface area (Å²) in [6.45, 7) is 4.36. The van der Waals surface area contributed by atoms with E-state index in [1.807, 2.05) is 24.3 Å². The van der Waals surface area contributed by atoms with Gasteiger partial charge < -0.3 is 24.2 Å². The minimum Gasteiger partial charge on any atom is -0.497 e. The molecule has 1 saturated heterocycles. The number of rotatable bonds is 6. The summed E-state index contributed by atoms with van der Waals surface area (Å²) in [4.78, 5) is 18.5. The van der Waals surface area contributed by atoms with Gasteiger partial charge in [-0.05, 0) is 36.8 Å². The zero-order chi connectivity index (χ0) is 22.6. The van der Waals surface area contributed by atoms with Crippen LogP contribution in [-0.2, 0) is 9.53 Å². The highest BCUT2D eigenvalue weighted by molar-refractivity contribution is 8.01. The summed E-state index contributed by atoms with van der Waals surface area (Å²) in [7, 11) is 2.97. The number of esters is 1. The lowest BCUT2D eigenvalue weighted by atomic mass is 9.97. The fourth-order valence-electron chi connectivity index (χ4n) is 4.24. The van der Waals surface area contributed by atoms with Gasteiger partial charge in [0.2, 0.25) is 0 Å². The maximum Gasteiger partial charge on any atom is 0.325 e. The number of hydrogen-bond donors (Lipinski definition) is 1. The van der Waals surface area contributed by atoms with E-state index in [1.54, 1.807) is 7.11 Å². The molecule has 2 aliphatic rings. The molecule has 172 valence electrons. The summed E-state index contributed by atoms with van der Waals surface area (Å²) in [5.41, 5.74) is 1.23. The molecule has 7 nitrogen and oxygen atoms in total. The fraction of sp³-hybridized carbons (Fsp3) is 0.458. The van der Waals surface area contributed by atoms with Gasteiger partial charge >= 0.3 is 5.97 Å². The Labute approximate surface area is 193 Å². The van der Waals surface area contributed by atoms with Crippen LogP contribution in [0.3, 0.4) is 0 Å². The number of thioether (sulfide) groups is 1. The zero-order valence-corrected chi connectivity index (χ0v) is 19.3. The Bertz CT molecular complexity index is 920. The van der Waals surface area contributed by atoms with Gasteiger partial charge in [0, 0.05) is 38.4 Å². The molecule has 0 spiro atoms. The van der Waals surface area contributed by atoms with E-state index in [-0.39, 0.29) is 6.61 Å². The second kappa shape index (κ2) is 10.0. The summed E-state index contributed by atoms with van der Waals surface area (Å²) < 4.78 is 15.2. The van der Waals surface area contributed by atoms with Gasteiger partial charge in [0.25, 0.3) is 0 Å². The van der Waals surface area contributed by atoms with Gasteiger partial charge in [-0.15, -0.1) is 11.8 Å². The SMILES string of the molecule is COC(=O)[C@]1(CCN2CCN(c3ccccc3)CC2)Sc2cc(OC)ccc2OC[C@@H]1O. The van der Waals surface area contributed by atoms with Crippen LogP contribution in [0.2, 0.25) is 0 Å². The number of aliphatic hydroxyl groups excluding tert-OH is 1. The molecule has 2 aromatic carbocycles. The number of carbonyl (C=O) groups excluding carboxylic acids is 1. The lowest BCUT2D eigenvalue weighted by Gasteiger charge is -2.39. The van der Waals surface area contributed by atoms with Crippen LogP contribution < -0.4 is 14.4 Å². The molecule has 0 saturated carbocycles. The first-order chi connectivity index (χ1) is 15.6. The van der Waals surface area contributed by atoms with Crippen molar-refractivity contribution in [3.63, 3.8) is 0 Å².